The Bertz CT molecular complexity index is 626. The molecule has 1 saturated carbocycles. The Labute approximate surface area is 155 Å². The first-order chi connectivity index (χ1) is 12.5. The Morgan fingerprint density at radius 3 is 2.46 bits per heavy atom. The fraction of sp³-hybridized carbons (Fsp3) is 0.619. The summed E-state index contributed by atoms with van der Waals surface area (Å²) in [6.45, 7) is 0.516. The number of carbonyl (C=O) groups excluding carboxylic acids is 1. The van der Waals surface area contributed by atoms with Crippen LogP contribution >= 0.6 is 0 Å². The molecule has 2 atom stereocenters. The molecule has 0 spiro atoms. The van der Waals surface area contributed by atoms with Gasteiger partial charge in [0.2, 0.25) is 5.91 Å². The van der Waals surface area contributed by atoms with E-state index in [-0.39, 0.29) is 25.3 Å². The molecule has 1 aromatic rings. The van der Waals surface area contributed by atoms with E-state index in [0.717, 1.165) is 12.0 Å². The third-order valence-corrected chi connectivity index (χ3v) is 6.24. The van der Waals surface area contributed by atoms with Crippen LogP contribution in [0, 0.1) is 11.3 Å². The number of aliphatic hydroxyl groups is 1. The average Bonchev–Trinajstić information content (AvgIpc) is 3.15. The van der Waals surface area contributed by atoms with Crippen LogP contribution in [0.1, 0.15) is 50.5 Å². The van der Waals surface area contributed by atoms with Gasteiger partial charge in [-0.2, -0.15) is 0 Å². The zero-order chi connectivity index (χ0) is 18.6. The summed E-state index contributed by atoms with van der Waals surface area (Å²) < 4.78 is 0. The number of β-amino-alcohol motifs (C(OH)–C–C–N with tert-alkyl or cyclic N) is 1. The molecule has 1 saturated heterocycles. The molecule has 3 rings (SSSR count). The van der Waals surface area contributed by atoms with Crippen LogP contribution in [-0.2, 0) is 16.0 Å². The number of carboxylic acids is 1. The van der Waals surface area contributed by atoms with Crippen molar-refractivity contribution < 1.29 is 19.8 Å². The van der Waals surface area contributed by atoms with Gasteiger partial charge < -0.3 is 15.1 Å². The van der Waals surface area contributed by atoms with Crippen molar-refractivity contribution in [3.05, 3.63) is 35.9 Å². The number of piperidine rings is 1. The summed E-state index contributed by atoms with van der Waals surface area (Å²) in [4.78, 5) is 26.2. The first kappa shape index (κ1) is 18.9. The summed E-state index contributed by atoms with van der Waals surface area (Å²) in [6, 6.07) is 9.41. The van der Waals surface area contributed by atoms with Gasteiger partial charge in [0.05, 0.1) is 6.10 Å². The maximum atomic E-state index is 12.5. The van der Waals surface area contributed by atoms with Crippen LogP contribution in [-0.4, -0.2) is 46.2 Å². The summed E-state index contributed by atoms with van der Waals surface area (Å²) in [6.07, 6.45) is 5.91. The van der Waals surface area contributed by atoms with Crippen LogP contribution < -0.4 is 0 Å². The molecule has 2 N–H and O–H groups in total. The molecule has 5 nitrogen and oxygen atoms in total. The van der Waals surface area contributed by atoms with Gasteiger partial charge in [0.15, 0.2) is 0 Å². The average molecular weight is 359 g/mol. The predicted octanol–water partition coefficient (Wildman–Crippen LogP) is 2.86. The maximum absolute atomic E-state index is 12.5. The molecule has 1 amide bonds. The van der Waals surface area contributed by atoms with E-state index in [1.54, 1.807) is 4.90 Å². The molecule has 0 bridgehead atoms. The van der Waals surface area contributed by atoms with Crippen LogP contribution in [0.25, 0.3) is 0 Å². The molecule has 1 aromatic carbocycles. The summed E-state index contributed by atoms with van der Waals surface area (Å²) in [5.74, 6) is -0.272. The lowest BCUT2D eigenvalue weighted by atomic mass is 9.71. The van der Waals surface area contributed by atoms with Gasteiger partial charge in [0, 0.05) is 19.5 Å². The number of amides is 1. The molecule has 1 aliphatic carbocycles. The lowest BCUT2D eigenvalue weighted by molar-refractivity contribution is -0.166. The first-order valence-corrected chi connectivity index (χ1v) is 9.74. The van der Waals surface area contributed by atoms with E-state index in [1.807, 2.05) is 30.3 Å². The second kappa shape index (κ2) is 8.21. The maximum Gasteiger partial charge on any atom is 0.312 e. The Morgan fingerprint density at radius 1 is 1.15 bits per heavy atom. The van der Waals surface area contributed by atoms with E-state index in [2.05, 4.69) is 0 Å². The second-order valence-electron chi connectivity index (χ2n) is 7.92. The summed E-state index contributed by atoms with van der Waals surface area (Å²) in [5.41, 5.74) is -0.321. The van der Waals surface area contributed by atoms with Crippen LogP contribution in [0.3, 0.4) is 0 Å². The Morgan fingerprint density at radius 2 is 1.85 bits per heavy atom. The molecule has 2 fully saturated rings. The molecule has 26 heavy (non-hydrogen) atoms. The molecule has 5 heteroatoms. The fourth-order valence-electron chi connectivity index (χ4n) is 4.48. The molecular weight excluding hydrogens is 330 g/mol. The molecule has 2 aliphatic rings. The summed E-state index contributed by atoms with van der Waals surface area (Å²) in [7, 11) is 0. The van der Waals surface area contributed by atoms with Crippen LogP contribution in [0.2, 0.25) is 0 Å². The monoisotopic (exact) mass is 359 g/mol. The Balaban J connectivity index is 1.61. The van der Waals surface area contributed by atoms with E-state index in [0.29, 0.717) is 18.9 Å². The number of aliphatic hydroxyl groups excluding tert-OH is 1. The quantitative estimate of drug-likeness (QED) is 0.819. The highest BCUT2D eigenvalue weighted by Crippen LogP contribution is 2.36. The van der Waals surface area contributed by atoms with Crippen LogP contribution in [0.4, 0.5) is 0 Å². The lowest BCUT2D eigenvalue weighted by Crippen LogP contribution is -2.57. The van der Waals surface area contributed by atoms with Gasteiger partial charge in [-0.25, -0.2) is 0 Å². The third-order valence-electron chi connectivity index (χ3n) is 6.24. The zero-order valence-corrected chi connectivity index (χ0v) is 15.3. The number of hydrogen-bond acceptors (Lipinski definition) is 3. The highest BCUT2D eigenvalue weighted by Gasteiger charge is 2.49. The van der Waals surface area contributed by atoms with Crippen molar-refractivity contribution >= 4 is 11.9 Å². The van der Waals surface area contributed by atoms with Gasteiger partial charge in [0.1, 0.15) is 5.41 Å². The standard InChI is InChI=1S/C21H29NO4/c23-18-15-22(19(24)11-10-16-6-4-5-7-16)13-12-21(18,20(25)26)14-17-8-2-1-3-9-17/h1-3,8-9,16,18,23H,4-7,10-15H2,(H,25,26)/t18-,21-/m1/s1. The minimum Gasteiger partial charge on any atom is -0.481 e. The van der Waals surface area contributed by atoms with Crippen LogP contribution in [0.15, 0.2) is 30.3 Å². The van der Waals surface area contributed by atoms with Crippen LogP contribution in [0.5, 0.6) is 0 Å². The Hall–Kier alpha value is -1.88. The number of hydrogen-bond donors (Lipinski definition) is 2. The predicted molar refractivity (Wildman–Crippen MR) is 98.6 cm³/mol. The van der Waals surface area contributed by atoms with Crippen molar-refractivity contribution in [1.82, 2.24) is 4.90 Å². The highest BCUT2D eigenvalue weighted by molar-refractivity contribution is 5.79. The van der Waals surface area contributed by atoms with Crippen molar-refractivity contribution in [2.24, 2.45) is 11.3 Å². The van der Waals surface area contributed by atoms with E-state index in [1.165, 1.54) is 25.7 Å². The van der Waals surface area contributed by atoms with E-state index >= 15 is 0 Å². The van der Waals surface area contributed by atoms with Gasteiger partial charge in [0.25, 0.3) is 0 Å². The molecule has 1 heterocycles. The van der Waals surface area contributed by atoms with Gasteiger partial charge in [-0.1, -0.05) is 56.0 Å². The van der Waals surface area contributed by atoms with Gasteiger partial charge in [-0.15, -0.1) is 0 Å². The second-order valence-corrected chi connectivity index (χ2v) is 7.92. The number of nitrogens with zero attached hydrogens (tertiary/aromatic N) is 1. The van der Waals surface area contributed by atoms with Crippen molar-refractivity contribution in [3.63, 3.8) is 0 Å². The number of aliphatic carboxylic acids is 1. The number of likely N-dealkylation sites (tertiary alicyclic amines) is 1. The molecule has 0 radical (unpaired) electrons. The SMILES string of the molecule is O=C(CCC1CCCC1)N1CC[C@](Cc2ccccc2)(C(=O)O)[C@H](O)C1. The fourth-order valence-corrected chi connectivity index (χ4v) is 4.48. The number of rotatable bonds is 6. The van der Waals surface area contributed by atoms with E-state index < -0.39 is 17.5 Å². The minimum absolute atomic E-state index is 0.0506. The van der Waals surface area contributed by atoms with E-state index in [9.17, 15) is 19.8 Å². The van der Waals surface area contributed by atoms with Gasteiger partial charge in [-0.3, -0.25) is 9.59 Å². The smallest absolute Gasteiger partial charge is 0.312 e. The summed E-state index contributed by atoms with van der Waals surface area (Å²) >= 11 is 0. The molecule has 142 valence electrons. The largest absolute Gasteiger partial charge is 0.481 e. The third kappa shape index (κ3) is 4.09. The van der Waals surface area contributed by atoms with Gasteiger partial charge >= 0.3 is 5.97 Å². The Kier molecular flexibility index (Phi) is 5.97. The normalized spacial score (nSPS) is 26.8. The number of carbonyl (C=O) groups is 2. The summed E-state index contributed by atoms with van der Waals surface area (Å²) in [5, 5.41) is 20.5. The lowest BCUT2D eigenvalue weighted by Gasteiger charge is -2.43. The number of benzene rings is 1. The van der Waals surface area contributed by atoms with Crippen molar-refractivity contribution in [2.75, 3.05) is 13.1 Å². The van der Waals surface area contributed by atoms with Crippen molar-refractivity contribution in [3.8, 4) is 0 Å². The molecule has 0 unspecified atom stereocenters. The minimum atomic E-state index is -1.22. The highest BCUT2D eigenvalue weighted by atomic mass is 16.4. The van der Waals surface area contributed by atoms with Gasteiger partial charge in [-0.05, 0) is 30.7 Å². The first-order valence-electron chi connectivity index (χ1n) is 9.74. The number of carboxylic acid groups (broad SMARTS) is 1. The molecule has 0 aromatic heterocycles. The van der Waals surface area contributed by atoms with Crippen molar-refractivity contribution in [1.29, 1.82) is 0 Å². The molecule has 1 aliphatic heterocycles. The topological polar surface area (TPSA) is 77.8 Å². The molecular formula is C21H29NO4. The van der Waals surface area contributed by atoms with Crippen molar-refractivity contribution in [2.45, 2.75) is 57.5 Å². The zero-order valence-electron chi connectivity index (χ0n) is 15.3. The van der Waals surface area contributed by atoms with E-state index in [4.69, 9.17) is 0 Å².